The normalized spacial score (nSPS) is 12.5. The Bertz CT molecular complexity index is 610. The van der Waals surface area contributed by atoms with E-state index in [1.807, 2.05) is 0 Å². The molecule has 22 heavy (non-hydrogen) atoms. The van der Waals surface area contributed by atoms with Crippen LogP contribution in [0, 0.1) is 13.8 Å². The van der Waals surface area contributed by atoms with Gasteiger partial charge in [-0.05, 0) is 25.0 Å². The number of hydrogen-bond acceptors (Lipinski definition) is 2. The van der Waals surface area contributed by atoms with Crippen molar-refractivity contribution in [2.24, 2.45) is 10.2 Å². The highest BCUT2D eigenvalue weighted by Gasteiger charge is 2.04. The lowest BCUT2D eigenvalue weighted by Crippen LogP contribution is -2.05. The van der Waals surface area contributed by atoms with E-state index < -0.39 is 0 Å². The van der Waals surface area contributed by atoms with Crippen LogP contribution in [0.1, 0.15) is 22.3 Å². The fourth-order valence-corrected chi connectivity index (χ4v) is 2.81. The second kappa shape index (κ2) is 8.39. The summed E-state index contributed by atoms with van der Waals surface area (Å²) in [5.41, 5.74) is 6.49. The Morgan fingerprint density at radius 2 is 1.00 bits per heavy atom. The number of halogens is 2. The van der Waals surface area contributed by atoms with E-state index in [1.165, 1.54) is 11.1 Å². The minimum atomic E-state index is 0.670. The van der Waals surface area contributed by atoms with Crippen molar-refractivity contribution < 1.29 is 0 Å². The molecule has 0 saturated carbocycles. The van der Waals surface area contributed by atoms with E-state index in [-0.39, 0.29) is 0 Å². The molecular formula is C18H18Br2N2. The van der Waals surface area contributed by atoms with Gasteiger partial charge in [-0.15, -0.1) is 0 Å². The molecule has 4 heteroatoms. The van der Waals surface area contributed by atoms with Crippen molar-refractivity contribution in [3.8, 4) is 0 Å². The van der Waals surface area contributed by atoms with Gasteiger partial charge in [0.1, 0.15) is 0 Å². The maximum absolute atomic E-state index is 4.44. The van der Waals surface area contributed by atoms with Gasteiger partial charge in [-0.1, -0.05) is 91.5 Å². The number of alkyl halides is 2. The lowest BCUT2D eigenvalue weighted by molar-refractivity contribution is 1.22. The Labute approximate surface area is 148 Å². The Morgan fingerprint density at radius 3 is 1.27 bits per heavy atom. The minimum absolute atomic E-state index is 0.670. The summed E-state index contributed by atoms with van der Waals surface area (Å²) in [6.07, 6.45) is 0. The van der Waals surface area contributed by atoms with E-state index in [0.717, 1.165) is 22.6 Å². The van der Waals surface area contributed by atoms with Crippen molar-refractivity contribution in [3.63, 3.8) is 0 Å². The fraction of sp³-hybridized carbons (Fsp3) is 0.222. The zero-order valence-corrected chi connectivity index (χ0v) is 15.9. The largest absolute Gasteiger partial charge is 0.154 e. The molecule has 0 fully saturated rings. The molecule has 0 saturated heterocycles. The summed E-state index contributed by atoms with van der Waals surface area (Å²) < 4.78 is 0. The van der Waals surface area contributed by atoms with Gasteiger partial charge in [0.25, 0.3) is 0 Å². The predicted octanol–water partition coefficient (Wildman–Crippen LogP) is 5.29. The molecule has 0 bridgehead atoms. The molecule has 0 unspecified atom stereocenters. The molecule has 0 aliphatic carbocycles. The second-order valence-corrected chi connectivity index (χ2v) is 6.21. The zero-order chi connectivity index (χ0) is 15.9. The predicted molar refractivity (Wildman–Crippen MR) is 103 cm³/mol. The monoisotopic (exact) mass is 420 g/mol. The first-order valence-corrected chi connectivity index (χ1v) is 9.27. The molecule has 0 aromatic heterocycles. The molecular weight excluding hydrogens is 404 g/mol. The zero-order valence-electron chi connectivity index (χ0n) is 12.7. The summed E-state index contributed by atoms with van der Waals surface area (Å²) in [6.45, 7) is 4.15. The maximum Gasteiger partial charge on any atom is 0.0808 e. The Morgan fingerprint density at radius 1 is 0.682 bits per heavy atom. The Hall–Kier alpha value is -1.26. The molecule has 0 radical (unpaired) electrons. The van der Waals surface area contributed by atoms with Gasteiger partial charge in [-0.2, -0.15) is 10.2 Å². The van der Waals surface area contributed by atoms with Gasteiger partial charge in [0.2, 0.25) is 0 Å². The third-order valence-electron chi connectivity index (χ3n) is 3.31. The first-order chi connectivity index (χ1) is 10.6. The number of aryl methyl sites for hydroxylation is 2. The van der Waals surface area contributed by atoms with Gasteiger partial charge in [0.15, 0.2) is 0 Å². The molecule has 0 atom stereocenters. The van der Waals surface area contributed by atoms with E-state index in [4.69, 9.17) is 0 Å². The minimum Gasteiger partial charge on any atom is -0.154 e. The van der Waals surface area contributed by atoms with Gasteiger partial charge in [0, 0.05) is 10.7 Å². The highest BCUT2D eigenvalue weighted by molar-refractivity contribution is 9.09. The van der Waals surface area contributed by atoms with Crippen molar-refractivity contribution in [3.05, 3.63) is 70.8 Å². The molecule has 0 spiro atoms. The SMILES string of the molecule is Cc1ccc(/C(CBr)=N\N=C(\CBr)c2ccc(C)cc2)cc1. The smallest absolute Gasteiger partial charge is 0.0808 e. The summed E-state index contributed by atoms with van der Waals surface area (Å²) in [7, 11) is 0. The van der Waals surface area contributed by atoms with Crippen molar-refractivity contribution in [1.82, 2.24) is 0 Å². The molecule has 2 aromatic carbocycles. The van der Waals surface area contributed by atoms with Gasteiger partial charge < -0.3 is 0 Å². The number of benzene rings is 2. The lowest BCUT2D eigenvalue weighted by atomic mass is 10.1. The van der Waals surface area contributed by atoms with Crippen LogP contribution < -0.4 is 0 Å². The summed E-state index contributed by atoms with van der Waals surface area (Å²) >= 11 is 6.99. The van der Waals surface area contributed by atoms with Gasteiger partial charge in [-0.3, -0.25) is 0 Å². The summed E-state index contributed by atoms with van der Waals surface area (Å²) in [5, 5.41) is 10.2. The van der Waals surface area contributed by atoms with E-state index in [2.05, 4.69) is 104 Å². The van der Waals surface area contributed by atoms with Gasteiger partial charge >= 0.3 is 0 Å². The van der Waals surface area contributed by atoms with Crippen LogP contribution in [0.25, 0.3) is 0 Å². The van der Waals surface area contributed by atoms with Gasteiger partial charge in [0.05, 0.1) is 11.4 Å². The van der Waals surface area contributed by atoms with Crippen LogP contribution in [-0.4, -0.2) is 22.1 Å². The molecule has 114 valence electrons. The van der Waals surface area contributed by atoms with Crippen LogP contribution in [-0.2, 0) is 0 Å². The van der Waals surface area contributed by atoms with Crippen LogP contribution in [0.3, 0.4) is 0 Å². The molecule has 0 amide bonds. The van der Waals surface area contributed by atoms with E-state index in [0.29, 0.717) is 10.7 Å². The standard InChI is InChI=1S/C18H18Br2N2/c1-13-3-7-15(8-4-13)17(11-19)21-22-18(12-20)16-9-5-14(2)6-10-16/h3-10H,11-12H2,1-2H3/b21-17-,22-18-. The van der Waals surface area contributed by atoms with E-state index >= 15 is 0 Å². The average Bonchev–Trinajstić information content (AvgIpc) is 2.54. The molecule has 0 aliphatic heterocycles. The quantitative estimate of drug-likeness (QED) is 0.356. The molecule has 0 aliphatic rings. The number of rotatable bonds is 5. The number of nitrogens with zero attached hydrogens (tertiary/aromatic N) is 2. The topological polar surface area (TPSA) is 24.7 Å². The third-order valence-corrected chi connectivity index (χ3v) is 4.38. The number of hydrogen-bond donors (Lipinski definition) is 0. The highest BCUT2D eigenvalue weighted by Crippen LogP contribution is 2.10. The van der Waals surface area contributed by atoms with Crippen LogP contribution in [0.15, 0.2) is 58.7 Å². The van der Waals surface area contributed by atoms with Crippen LogP contribution in [0.2, 0.25) is 0 Å². The van der Waals surface area contributed by atoms with Crippen LogP contribution >= 0.6 is 31.9 Å². The fourth-order valence-electron chi connectivity index (χ4n) is 1.94. The molecule has 2 aromatic rings. The van der Waals surface area contributed by atoms with E-state index in [1.54, 1.807) is 0 Å². The lowest BCUT2D eigenvalue weighted by Gasteiger charge is -2.04. The third kappa shape index (κ3) is 4.62. The van der Waals surface area contributed by atoms with Crippen LogP contribution in [0.4, 0.5) is 0 Å². The van der Waals surface area contributed by atoms with Crippen molar-refractivity contribution in [1.29, 1.82) is 0 Å². The van der Waals surface area contributed by atoms with Gasteiger partial charge in [-0.25, -0.2) is 0 Å². The summed E-state index contributed by atoms with van der Waals surface area (Å²) in [5.74, 6) is 0. The van der Waals surface area contributed by atoms with E-state index in [9.17, 15) is 0 Å². The first-order valence-electron chi connectivity index (χ1n) is 7.03. The average molecular weight is 422 g/mol. The maximum atomic E-state index is 4.44. The van der Waals surface area contributed by atoms with Crippen molar-refractivity contribution in [2.75, 3.05) is 10.7 Å². The summed E-state index contributed by atoms with van der Waals surface area (Å²) in [6, 6.07) is 16.6. The van der Waals surface area contributed by atoms with Crippen LogP contribution in [0.5, 0.6) is 0 Å². The molecule has 2 rings (SSSR count). The van der Waals surface area contributed by atoms with Crippen molar-refractivity contribution in [2.45, 2.75) is 13.8 Å². The molecule has 2 nitrogen and oxygen atoms in total. The second-order valence-electron chi connectivity index (χ2n) is 5.09. The first kappa shape index (κ1) is 17.1. The summed E-state index contributed by atoms with van der Waals surface area (Å²) in [4.78, 5) is 0. The van der Waals surface area contributed by atoms with Crippen molar-refractivity contribution >= 4 is 43.3 Å². The molecule has 0 N–H and O–H groups in total. The Kier molecular flexibility index (Phi) is 6.52. The molecule has 0 heterocycles. The Balaban J connectivity index is 2.31. The highest BCUT2D eigenvalue weighted by atomic mass is 79.9.